The summed E-state index contributed by atoms with van der Waals surface area (Å²) in [7, 11) is 0. The maximum atomic E-state index is 6.07. The lowest BCUT2D eigenvalue weighted by Gasteiger charge is -2.19. The Morgan fingerprint density at radius 1 is 1.33 bits per heavy atom. The van der Waals surface area contributed by atoms with Crippen LogP contribution in [-0.4, -0.2) is 9.55 Å². The maximum Gasteiger partial charge on any atom is 0.125 e. The molecule has 1 aromatic heterocycles. The molecule has 1 unspecified atom stereocenters. The monoisotopic (exact) mass is 264 g/mol. The zero-order valence-corrected chi connectivity index (χ0v) is 12.2. The van der Waals surface area contributed by atoms with Crippen LogP contribution in [0.4, 0.5) is 0 Å². The number of nitrogens with zero attached hydrogens (tertiary/aromatic N) is 2. The fourth-order valence-corrected chi connectivity index (χ4v) is 2.84. The Kier molecular flexibility index (Phi) is 4.28. The van der Waals surface area contributed by atoms with Gasteiger partial charge in [-0.3, -0.25) is 0 Å². The van der Waals surface area contributed by atoms with Gasteiger partial charge in [0, 0.05) is 6.04 Å². The van der Waals surface area contributed by atoms with Gasteiger partial charge in [-0.15, -0.1) is 11.6 Å². The summed E-state index contributed by atoms with van der Waals surface area (Å²) in [5, 5.41) is 0. The van der Waals surface area contributed by atoms with E-state index in [0.717, 1.165) is 17.8 Å². The predicted molar refractivity (Wildman–Crippen MR) is 78.3 cm³/mol. The van der Waals surface area contributed by atoms with Gasteiger partial charge in [0.1, 0.15) is 5.82 Å². The van der Waals surface area contributed by atoms with Gasteiger partial charge in [0.05, 0.1) is 16.9 Å². The summed E-state index contributed by atoms with van der Waals surface area (Å²) >= 11 is 6.07. The zero-order chi connectivity index (χ0) is 13.1. The van der Waals surface area contributed by atoms with E-state index in [9.17, 15) is 0 Å². The molecule has 2 nitrogen and oxygen atoms in total. The quantitative estimate of drug-likeness (QED) is 0.707. The van der Waals surface area contributed by atoms with Gasteiger partial charge in [-0.1, -0.05) is 32.4 Å². The van der Waals surface area contributed by atoms with Gasteiger partial charge < -0.3 is 4.57 Å². The molecule has 1 aromatic carbocycles. The second kappa shape index (κ2) is 5.75. The first-order valence-electron chi connectivity index (χ1n) is 6.75. The Morgan fingerprint density at radius 2 is 2.11 bits per heavy atom. The first-order chi connectivity index (χ1) is 8.72. The van der Waals surface area contributed by atoms with Gasteiger partial charge in [0.25, 0.3) is 0 Å². The topological polar surface area (TPSA) is 17.8 Å². The lowest BCUT2D eigenvalue weighted by molar-refractivity contribution is 0.448. The van der Waals surface area contributed by atoms with Crippen LogP contribution in [0.1, 0.15) is 50.5 Å². The van der Waals surface area contributed by atoms with E-state index in [1.54, 1.807) is 0 Å². The Morgan fingerprint density at radius 3 is 2.72 bits per heavy atom. The standard InChI is InChI=1S/C15H21ClN2/c1-4-7-12(5-2)18-13-9-6-8-11(3)15(13)17-14(18)10-16/h6,8-9,12H,4-5,7,10H2,1-3H3. The van der Waals surface area contributed by atoms with Crippen molar-refractivity contribution in [3.05, 3.63) is 29.6 Å². The van der Waals surface area contributed by atoms with Crippen molar-refractivity contribution in [2.45, 2.75) is 52.0 Å². The highest BCUT2D eigenvalue weighted by atomic mass is 35.5. The second-order valence-corrected chi connectivity index (χ2v) is 5.09. The van der Waals surface area contributed by atoms with Crippen LogP contribution in [0.3, 0.4) is 0 Å². The molecular formula is C15H21ClN2. The minimum Gasteiger partial charge on any atom is -0.324 e. The van der Waals surface area contributed by atoms with Crippen molar-refractivity contribution in [3.8, 4) is 0 Å². The molecule has 0 aliphatic carbocycles. The highest BCUT2D eigenvalue weighted by Crippen LogP contribution is 2.28. The summed E-state index contributed by atoms with van der Waals surface area (Å²) in [6, 6.07) is 6.88. The molecule has 1 heterocycles. The highest BCUT2D eigenvalue weighted by molar-refractivity contribution is 6.16. The Bertz CT molecular complexity index is 531. The third-order valence-corrected chi connectivity index (χ3v) is 3.81. The number of aryl methyl sites for hydroxylation is 1. The number of hydrogen-bond donors (Lipinski definition) is 0. The number of imidazole rings is 1. The van der Waals surface area contributed by atoms with Crippen LogP contribution in [0.15, 0.2) is 18.2 Å². The molecule has 1 atom stereocenters. The van der Waals surface area contributed by atoms with Crippen LogP contribution in [0.5, 0.6) is 0 Å². The molecule has 98 valence electrons. The molecule has 0 aliphatic heterocycles. The number of alkyl halides is 1. The zero-order valence-electron chi connectivity index (χ0n) is 11.4. The average Bonchev–Trinajstić information content (AvgIpc) is 2.76. The van der Waals surface area contributed by atoms with E-state index in [-0.39, 0.29) is 0 Å². The van der Waals surface area contributed by atoms with E-state index in [0.29, 0.717) is 11.9 Å². The molecule has 0 N–H and O–H groups in total. The van der Waals surface area contributed by atoms with Gasteiger partial charge in [-0.2, -0.15) is 0 Å². The molecule has 2 rings (SSSR count). The van der Waals surface area contributed by atoms with E-state index in [1.807, 2.05) is 0 Å². The third kappa shape index (κ3) is 2.26. The Balaban J connectivity index is 2.62. The molecule has 0 radical (unpaired) electrons. The summed E-state index contributed by atoms with van der Waals surface area (Å²) in [5.74, 6) is 1.48. The molecule has 2 aromatic rings. The molecule has 18 heavy (non-hydrogen) atoms. The molecule has 0 saturated carbocycles. The van der Waals surface area contributed by atoms with Crippen molar-refractivity contribution in [3.63, 3.8) is 0 Å². The van der Waals surface area contributed by atoms with Crippen LogP contribution < -0.4 is 0 Å². The molecule has 0 saturated heterocycles. The fourth-order valence-electron chi connectivity index (χ4n) is 2.66. The summed E-state index contributed by atoms with van der Waals surface area (Å²) in [4.78, 5) is 4.71. The number of halogens is 1. The number of hydrogen-bond acceptors (Lipinski definition) is 1. The van der Waals surface area contributed by atoms with Crippen molar-refractivity contribution >= 4 is 22.6 Å². The minimum atomic E-state index is 0.480. The summed E-state index contributed by atoms with van der Waals surface area (Å²) in [5.41, 5.74) is 3.55. The average molecular weight is 265 g/mol. The molecule has 3 heteroatoms. The maximum absolute atomic E-state index is 6.07. The minimum absolute atomic E-state index is 0.480. The lowest BCUT2D eigenvalue weighted by Crippen LogP contribution is -2.10. The molecule has 0 aliphatic rings. The van der Waals surface area contributed by atoms with E-state index >= 15 is 0 Å². The first-order valence-corrected chi connectivity index (χ1v) is 7.28. The summed E-state index contributed by atoms with van der Waals surface area (Å²) in [6.45, 7) is 6.58. The fraction of sp³-hybridized carbons (Fsp3) is 0.533. The normalized spacial score (nSPS) is 13.1. The predicted octanol–water partition coefficient (Wildman–Crippen LogP) is 4.83. The number of para-hydroxylation sites is 1. The van der Waals surface area contributed by atoms with E-state index in [1.165, 1.54) is 23.9 Å². The van der Waals surface area contributed by atoms with Crippen LogP contribution in [0, 0.1) is 6.92 Å². The number of rotatable bonds is 5. The van der Waals surface area contributed by atoms with Crippen LogP contribution in [0.2, 0.25) is 0 Å². The molecule has 0 amide bonds. The number of benzene rings is 1. The van der Waals surface area contributed by atoms with Crippen molar-refractivity contribution in [2.24, 2.45) is 0 Å². The smallest absolute Gasteiger partial charge is 0.125 e. The second-order valence-electron chi connectivity index (χ2n) is 4.83. The Labute approximate surface area is 114 Å². The number of aromatic nitrogens is 2. The van der Waals surface area contributed by atoms with Gasteiger partial charge in [0.15, 0.2) is 0 Å². The molecule has 0 spiro atoms. The van der Waals surface area contributed by atoms with Gasteiger partial charge >= 0.3 is 0 Å². The largest absolute Gasteiger partial charge is 0.324 e. The van der Waals surface area contributed by atoms with E-state index in [2.05, 4.69) is 43.5 Å². The molecular weight excluding hydrogens is 244 g/mol. The molecule has 0 bridgehead atoms. The van der Waals surface area contributed by atoms with Crippen molar-refractivity contribution in [2.75, 3.05) is 0 Å². The van der Waals surface area contributed by atoms with E-state index < -0.39 is 0 Å². The highest BCUT2D eigenvalue weighted by Gasteiger charge is 2.17. The van der Waals surface area contributed by atoms with Crippen molar-refractivity contribution < 1.29 is 0 Å². The van der Waals surface area contributed by atoms with E-state index in [4.69, 9.17) is 16.6 Å². The molecule has 0 fully saturated rings. The summed E-state index contributed by atoms with van der Waals surface area (Å²) in [6.07, 6.45) is 3.49. The first kappa shape index (κ1) is 13.4. The number of fused-ring (bicyclic) bond motifs is 1. The van der Waals surface area contributed by atoms with Crippen LogP contribution in [-0.2, 0) is 5.88 Å². The van der Waals surface area contributed by atoms with Crippen LogP contribution in [0.25, 0.3) is 11.0 Å². The van der Waals surface area contributed by atoms with Crippen molar-refractivity contribution in [1.29, 1.82) is 0 Å². The third-order valence-electron chi connectivity index (χ3n) is 3.57. The SMILES string of the molecule is CCCC(CC)n1c(CCl)nc2c(C)cccc21. The van der Waals surface area contributed by atoms with Gasteiger partial charge in [0.2, 0.25) is 0 Å². The summed E-state index contributed by atoms with van der Waals surface area (Å²) < 4.78 is 2.35. The Hall–Kier alpha value is -1.02. The van der Waals surface area contributed by atoms with Gasteiger partial charge in [-0.25, -0.2) is 4.98 Å². The van der Waals surface area contributed by atoms with Gasteiger partial charge in [-0.05, 0) is 31.4 Å². The van der Waals surface area contributed by atoms with Crippen molar-refractivity contribution in [1.82, 2.24) is 9.55 Å². The lowest BCUT2D eigenvalue weighted by atomic mass is 10.1. The van der Waals surface area contributed by atoms with Crippen LogP contribution >= 0.6 is 11.6 Å².